The summed E-state index contributed by atoms with van der Waals surface area (Å²) in [7, 11) is 0. The highest BCUT2D eigenvalue weighted by Crippen LogP contribution is 2.37. The zero-order valence-electron chi connectivity index (χ0n) is 19.0. The van der Waals surface area contributed by atoms with Crippen LogP contribution in [0.1, 0.15) is 57.7 Å². The van der Waals surface area contributed by atoms with Gasteiger partial charge in [0.05, 0.1) is 0 Å². The van der Waals surface area contributed by atoms with E-state index in [-0.39, 0.29) is 7.43 Å². The number of thioether (sulfide) groups is 1. The summed E-state index contributed by atoms with van der Waals surface area (Å²) >= 11 is 2.02. The van der Waals surface area contributed by atoms with E-state index in [1.807, 2.05) is 32.5 Å². The van der Waals surface area contributed by atoms with E-state index in [1.54, 1.807) is 0 Å². The zero-order chi connectivity index (χ0) is 21.9. The minimum Gasteiger partial charge on any atom is -0.396 e. The summed E-state index contributed by atoms with van der Waals surface area (Å²) in [5, 5.41) is 12.6. The number of nitrogens with one attached hydrogen (secondary N) is 1. The summed E-state index contributed by atoms with van der Waals surface area (Å²) in [5.41, 5.74) is 9.11. The molecule has 0 radical (unpaired) electrons. The second-order valence-electron chi connectivity index (χ2n) is 6.90. The average molecular weight is 435 g/mol. The molecule has 172 valence electrons. The van der Waals surface area contributed by atoms with Crippen molar-refractivity contribution in [3.63, 3.8) is 0 Å². The van der Waals surface area contributed by atoms with Crippen LogP contribution >= 0.6 is 11.8 Å². The Morgan fingerprint density at radius 2 is 1.57 bits per heavy atom. The van der Waals surface area contributed by atoms with Gasteiger partial charge in [-0.2, -0.15) is 11.8 Å². The number of rotatable bonds is 6. The topological polar surface area (TPSA) is 58.3 Å². The molecule has 0 spiro atoms. The lowest BCUT2D eigenvalue weighted by Gasteiger charge is -2.33. The van der Waals surface area contributed by atoms with Crippen LogP contribution in [0.5, 0.6) is 0 Å². The van der Waals surface area contributed by atoms with E-state index in [2.05, 4.69) is 73.8 Å². The molecule has 0 bridgehead atoms. The van der Waals surface area contributed by atoms with Gasteiger partial charge in [-0.25, -0.2) is 0 Å². The first-order valence-electron chi connectivity index (χ1n) is 10.8. The average Bonchev–Trinajstić information content (AvgIpc) is 2.71. The Morgan fingerprint density at radius 3 is 1.93 bits per heavy atom. The van der Waals surface area contributed by atoms with E-state index in [4.69, 9.17) is 10.8 Å². The molecule has 0 unspecified atom stereocenters. The predicted octanol–water partition coefficient (Wildman–Crippen LogP) is 6.17. The molecule has 4 N–H and O–H groups in total. The minimum atomic E-state index is 0. The fraction of sp³-hybridized carbons (Fsp3) is 0.538. The number of hydrogen-bond acceptors (Lipinski definition) is 4. The molecule has 4 heteroatoms. The molecular formula is C26H46N2OS. The van der Waals surface area contributed by atoms with Crippen molar-refractivity contribution in [1.82, 2.24) is 5.32 Å². The molecule has 0 aromatic heterocycles. The highest BCUT2D eigenvalue weighted by molar-refractivity contribution is 7.99. The molecule has 1 aliphatic rings. The van der Waals surface area contributed by atoms with Gasteiger partial charge < -0.3 is 16.2 Å². The van der Waals surface area contributed by atoms with Gasteiger partial charge in [0.25, 0.3) is 0 Å². The minimum absolute atomic E-state index is 0. The SMILES string of the molecule is C.CC.CCNCN.Cc1cccc(C)c1.OCC1CC(SCc2ccccc2)C1. The zero-order valence-corrected chi connectivity index (χ0v) is 19.8. The highest BCUT2D eigenvalue weighted by Gasteiger charge is 2.28. The van der Waals surface area contributed by atoms with E-state index in [1.165, 1.54) is 29.5 Å². The molecule has 0 amide bonds. The molecular weight excluding hydrogens is 388 g/mol. The van der Waals surface area contributed by atoms with Crippen LogP contribution in [0.25, 0.3) is 0 Å². The Morgan fingerprint density at radius 1 is 1.00 bits per heavy atom. The number of aliphatic hydroxyl groups excluding tert-OH is 1. The largest absolute Gasteiger partial charge is 0.396 e. The maximum Gasteiger partial charge on any atom is 0.0460 e. The fourth-order valence-electron chi connectivity index (χ4n) is 2.70. The van der Waals surface area contributed by atoms with Gasteiger partial charge in [-0.1, -0.05) is 93.9 Å². The maximum atomic E-state index is 8.88. The van der Waals surface area contributed by atoms with Gasteiger partial charge in [0.2, 0.25) is 0 Å². The second-order valence-corrected chi connectivity index (χ2v) is 8.19. The van der Waals surface area contributed by atoms with Crippen molar-refractivity contribution in [1.29, 1.82) is 0 Å². The van der Waals surface area contributed by atoms with Crippen molar-refractivity contribution in [3.05, 3.63) is 71.3 Å². The Kier molecular flexibility index (Phi) is 21.5. The number of hydrogen-bond donors (Lipinski definition) is 3. The van der Waals surface area contributed by atoms with Gasteiger partial charge in [-0.3, -0.25) is 0 Å². The summed E-state index contributed by atoms with van der Waals surface area (Å²) in [6.45, 7) is 12.2. The number of benzene rings is 2. The van der Waals surface area contributed by atoms with Crippen LogP contribution in [0.15, 0.2) is 54.6 Å². The van der Waals surface area contributed by atoms with Gasteiger partial charge >= 0.3 is 0 Å². The first kappa shape index (κ1) is 30.9. The molecule has 0 atom stereocenters. The summed E-state index contributed by atoms with van der Waals surface area (Å²) < 4.78 is 0. The summed E-state index contributed by atoms with van der Waals surface area (Å²) in [5.74, 6) is 1.70. The maximum absolute atomic E-state index is 8.88. The third-order valence-electron chi connectivity index (χ3n) is 4.35. The smallest absolute Gasteiger partial charge is 0.0460 e. The molecule has 0 aliphatic heterocycles. The van der Waals surface area contributed by atoms with Crippen LogP contribution < -0.4 is 11.1 Å². The molecule has 1 aliphatic carbocycles. The number of nitrogens with two attached hydrogens (primary N) is 1. The molecule has 3 nitrogen and oxygen atoms in total. The van der Waals surface area contributed by atoms with Crippen LogP contribution in [0.4, 0.5) is 0 Å². The lowest BCUT2D eigenvalue weighted by molar-refractivity contribution is 0.168. The van der Waals surface area contributed by atoms with Gasteiger partial charge in [0, 0.05) is 24.3 Å². The van der Waals surface area contributed by atoms with Gasteiger partial charge in [-0.15, -0.1) is 0 Å². The molecule has 2 aromatic rings. The van der Waals surface area contributed by atoms with Crippen molar-refractivity contribution in [2.75, 3.05) is 19.8 Å². The van der Waals surface area contributed by atoms with Crippen LogP contribution in [0.3, 0.4) is 0 Å². The standard InChI is InChI=1S/C12H16OS.C8H10.C3H10N2.C2H6.CH4/c13-8-11-6-12(7-11)14-9-10-4-2-1-3-5-10;1-7-4-3-5-8(2)6-7;1-2-5-3-4;1-2;/h1-5,11-13H,6-9H2;3-6H,1-2H3;5H,2-4H2,1H3;1-2H3;1H4. The van der Waals surface area contributed by atoms with Gasteiger partial charge in [0.15, 0.2) is 0 Å². The molecule has 3 rings (SSSR count). The van der Waals surface area contributed by atoms with E-state index in [9.17, 15) is 0 Å². The van der Waals surface area contributed by atoms with Gasteiger partial charge in [-0.05, 0) is 44.7 Å². The normalized spacial score (nSPS) is 16.1. The lowest BCUT2D eigenvalue weighted by Crippen LogP contribution is -2.28. The first-order valence-corrected chi connectivity index (χ1v) is 11.8. The predicted molar refractivity (Wildman–Crippen MR) is 138 cm³/mol. The Labute approximate surface area is 190 Å². The third kappa shape index (κ3) is 15.5. The van der Waals surface area contributed by atoms with Crippen LogP contribution in [0, 0.1) is 19.8 Å². The summed E-state index contributed by atoms with van der Waals surface area (Å²) in [6.07, 6.45) is 2.40. The van der Waals surface area contributed by atoms with Crippen molar-refractivity contribution < 1.29 is 5.11 Å². The molecule has 2 aromatic carbocycles. The third-order valence-corrected chi connectivity index (χ3v) is 5.70. The van der Waals surface area contributed by atoms with E-state index >= 15 is 0 Å². The van der Waals surface area contributed by atoms with E-state index in [0.29, 0.717) is 19.2 Å². The van der Waals surface area contributed by atoms with Crippen LogP contribution in [-0.2, 0) is 5.75 Å². The number of aryl methyl sites for hydroxylation is 2. The van der Waals surface area contributed by atoms with E-state index < -0.39 is 0 Å². The van der Waals surface area contributed by atoms with Crippen molar-refractivity contribution in [2.45, 2.75) is 65.9 Å². The van der Waals surface area contributed by atoms with Crippen molar-refractivity contribution in [3.8, 4) is 0 Å². The molecule has 1 fully saturated rings. The Bertz CT molecular complexity index is 582. The van der Waals surface area contributed by atoms with Gasteiger partial charge in [0.1, 0.15) is 0 Å². The van der Waals surface area contributed by atoms with Crippen molar-refractivity contribution in [2.24, 2.45) is 11.7 Å². The highest BCUT2D eigenvalue weighted by atomic mass is 32.2. The fourth-order valence-corrected chi connectivity index (χ4v) is 4.14. The van der Waals surface area contributed by atoms with E-state index in [0.717, 1.165) is 17.5 Å². The molecule has 0 heterocycles. The quantitative estimate of drug-likeness (QED) is 0.476. The van der Waals surface area contributed by atoms with Crippen LogP contribution in [0.2, 0.25) is 0 Å². The first-order chi connectivity index (χ1) is 14.1. The Hall–Kier alpha value is -1.33. The summed E-state index contributed by atoms with van der Waals surface area (Å²) in [6, 6.07) is 19.0. The molecule has 0 saturated heterocycles. The monoisotopic (exact) mass is 434 g/mol. The molecule has 30 heavy (non-hydrogen) atoms. The van der Waals surface area contributed by atoms with Crippen molar-refractivity contribution >= 4 is 11.8 Å². The second kappa shape index (κ2) is 20.9. The Balaban J connectivity index is 0. The molecule has 1 saturated carbocycles. The van der Waals surface area contributed by atoms with Crippen LogP contribution in [-0.4, -0.2) is 30.2 Å². The lowest BCUT2D eigenvalue weighted by atomic mass is 9.86. The summed E-state index contributed by atoms with van der Waals surface area (Å²) in [4.78, 5) is 0. The number of aliphatic hydroxyl groups is 1.